The van der Waals surface area contributed by atoms with Gasteiger partial charge in [-0.1, -0.05) is 0 Å². The Morgan fingerprint density at radius 1 is 1.64 bits per heavy atom. The first-order valence-electron chi connectivity index (χ1n) is 3.74. The fourth-order valence-electron chi connectivity index (χ4n) is 1.44. The highest BCUT2D eigenvalue weighted by Gasteiger charge is 2.21. The van der Waals surface area contributed by atoms with Crippen molar-refractivity contribution in [2.24, 2.45) is 0 Å². The van der Waals surface area contributed by atoms with Crippen molar-refractivity contribution in [3.8, 4) is 0 Å². The number of fused-ring (bicyclic) bond motifs is 1. The molecule has 0 bridgehead atoms. The van der Waals surface area contributed by atoms with Gasteiger partial charge in [0.2, 0.25) is 0 Å². The van der Waals surface area contributed by atoms with Crippen LogP contribution in [0.5, 0.6) is 0 Å². The van der Waals surface area contributed by atoms with Crippen LogP contribution in [0.15, 0.2) is 12.3 Å². The molecular formula is C8H10N2O. The van der Waals surface area contributed by atoms with Gasteiger partial charge in [0.25, 0.3) is 5.91 Å². The summed E-state index contributed by atoms with van der Waals surface area (Å²) in [6.45, 7) is 2.00. The first kappa shape index (κ1) is 6.46. The van der Waals surface area contributed by atoms with Crippen molar-refractivity contribution in [2.45, 2.75) is 19.4 Å². The zero-order valence-electron chi connectivity index (χ0n) is 6.35. The molecule has 0 radical (unpaired) electrons. The van der Waals surface area contributed by atoms with Crippen molar-refractivity contribution in [3.63, 3.8) is 0 Å². The number of hydrogen-bond acceptors (Lipinski definition) is 1. The number of hydrogen-bond donors (Lipinski definition) is 2. The van der Waals surface area contributed by atoms with Gasteiger partial charge in [-0.2, -0.15) is 0 Å². The van der Waals surface area contributed by atoms with Crippen molar-refractivity contribution < 1.29 is 4.79 Å². The van der Waals surface area contributed by atoms with Crippen LogP contribution in [-0.2, 0) is 6.42 Å². The van der Waals surface area contributed by atoms with Crippen LogP contribution in [0.25, 0.3) is 0 Å². The smallest absolute Gasteiger partial charge is 0.253 e. The third-order valence-electron chi connectivity index (χ3n) is 1.97. The molecule has 0 saturated heterocycles. The summed E-state index contributed by atoms with van der Waals surface area (Å²) >= 11 is 0. The van der Waals surface area contributed by atoms with E-state index in [0.717, 1.165) is 17.7 Å². The Hall–Kier alpha value is -1.25. The summed E-state index contributed by atoms with van der Waals surface area (Å²) in [7, 11) is 0. The number of amides is 1. The zero-order valence-corrected chi connectivity index (χ0v) is 6.35. The van der Waals surface area contributed by atoms with E-state index in [0.29, 0.717) is 0 Å². The first-order chi connectivity index (χ1) is 5.27. The Bertz CT molecular complexity index is 290. The highest BCUT2D eigenvalue weighted by Crippen LogP contribution is 2.13. The average molecular weight is 150 g/mol. The molecule has 2 rings (SSSR count). The molecule has 0 spiro atoms. The number of H-pyrrole nitrogens is 1. The summed E-state index contributed by atoms with van der Waals surface area (Å²) in [5.74, 6) is 0.0417. The van der Waals surface area contributed by atoms with E-state index >= 15 is 0 Å². The van der Waals surface area contributed by atoms with Crippen LogP contribution in [0.1, 0.15) is 23.0 Å². The average Bonchev–Trinajstić information content (AvgIpc) is 2.34. The summed E-state index contributed by atoms with van der Waals surface area (Å²) in [6, 6.07) is 2.07. The third-order valence-corrected chi connectivity index (χ3v) is 1.97. The molecular weight excluding hydrogens is 140 g/mol. The van der Waals surface area contributed by atoms with Crippen LogP contribution in [-0.4, -0.2) is 16.9 Å². The quantitative estimate of drug-likeness (QED) is 0.561. The largest absolute Gasteiger partial charge is 0.364 e. The lowest BCUT2D eigenvalue weighted by molar-refractivity contribution is 0.0929. The lowest BCUT2D eigenvalue weighted by Crippen LogP contribution is -2.38. The Morgan fingerprint density at radius 3 is 3.27 bits per heavy atom. The molecule has 1 amide bonds. The summed E-state index contributed by atoms with van der Waals surface area (Å²) in [4.78, 5) is 14.3. The number of aromatic amines is 1. The van der Waals surface area contributed by atoms with E-state index in [1.165, 1.54) is 0 Å². The summed E-state index contributed by atoms with van der Waals surface area (Å²) in [5, 5.41) is 2.86. The number of aromatic nitrogens is 1. The summed E-state index contributed by atoms with van der Waals surface area (Å²) < 4.78 is 0. The summed E-state index contributed by atoms with van der Waals surface area (Å²) in [5.41, 5.74) is 1.85. The molecule has 3 heteroatoms. The molecule has 1 atom stereocenters. The lowest BCUT2D eigenvalue weighted by Gasteiger charge is -2.19. The van der Waals surface area contributed by atoms with Gasteiger partial charge < -0.3 is 10.3 Å². The normalized spacial score (nSPS) is 22.6. The van der Waals surface area contributed by atoms with Crippen LogP contribution >= 0.6 is 0 Å². The zero-order chi connectivity index (χ0) is 7.84. The molecule has 2 heterocycles. The van der Waals surface area contributed by atoms with Crippen LogP contribution < -0.4 is 5.32 Å². The van der Waals surface area contributed by atoms with Gasteiger partial charge in [-0.3, -0.25) is 4.79 Å². The van der Waals surface area contributed by atoms with Crippen molar-refractivity contribution in [1.29, 1.82) is 0 Å². The number of carbonyl (C=O) groups excluding carboxylic acids is 1. The van der Waals surface area contributed by atoms with E-state index in [4.69, 9.17) is 0 Å². The fraction of sp³-hybridized carbons (Fsp3) is 0.375. The van der Waals surface area contributed by atoms with Gasteiger partial charge >= 0.3 is 0 Å². The van der Waals surface area contributed by atoms with E-state index in [2.05, 4.69) is 10.3 Å². The van der Waals surface area contributed by atoms with Gasteiger partial charge in [-0.25, -0.2) is 0 Å². The summed E-state index contributed by atoms with van der Waals surface area (Å²) in [6.07, 6.45) is 2.72. The maximum absolute atomic E-state index is 11.2. The predicted octanol–water partition coefficient (Wildman–Crippen LogP) is 0.689. The minimum absolute atomic E-state index is 0.0417. The van der Waals surface area contributed by atoms with E-state index < -0.39 is 0 Å². The van der Waals surface area contributed by atoms with Crippen molar-refractivity contribution in [3.05, 3.63) is 23.5 Å². The number of rotatable bonds is 0. The van der Waals surface area contributed by atoms with Crippen molar-refractivity contribution >= 4 is 5.91 Å². The van der Waals surface area contributed by atoms with E-state index in [9.17, 15) is 4.79 Å². The molecule has 2 N–H and O–H groups in total. The van der Waals surface area contributed by atoms with E-state index in [-0.39, 0.29) is 11.9 Å². The maximum atomic E-state index is 11.2. The highest BCUT2D eigenvalue weighted by molar-refractivity contribution is 5.96. The minimum Gasteiger partial charge on any atom is -0.364 e. The minimum atomic E-state index is 0.0417. The van der Waals surface area contributed by atoms with E-state index in [1.807, 2.05) is 19.2 Å². The molecule has 0 aliphatic carbocycles. The number of nitrogens with one attached hydrogen (secondary N) is 2. The molecule has 58 valence electrons. The standard InChI is InChI=1S/C8H10N2O/c1-5-4-7-6(2-3-9-7)8(11)10-5/h2-3,5,9H,4H2,1H3,(H,10,11). The van der Waals surface area contributed by atoms with Crippen LogP contribution in [0.4, 0.5) is 0 Å². The predicted molar refractivity (Wildman–Crippen MR) is 41.4 cm³/mol. The second-order valence-corrected chi connectivity index (χ2v) is 2.95. The fourth-order valence-corrected chi connectivity index (χ4v) is 1.44. The maximum Gasteiger partial charge on any atom is 0.253 e. The molecule has 1 unspecified atom stereocenters. The highest BCUT2D eigenvalue weighted by atomic mass is 16.1. The van der Waals surface area contributed by atoms with Crippen LogP contribution in [0, 0.1) is 0 Å². The molecule has 1 aromatic heterocycles. The van der Waals surface area contributed by atoms with Gasteiger partial charge in [0, 0.05) is 24.4 Å². The molecule has 0 saturated carbocycles. The second-order valence-electron chi connectivity index (χ2n) is 2.95. The SMILES string of the molecule is CC1Cc2[nH]ccc2C(=O)N1. The topological polar surface area (TPSA) is 44.9 Å². The van der Waals surface area contributed by atoms with Gasteiger partial charge in [-0.05, 0) is 13.0 Å². The Labute approximate surface area is 64.8 Å². The lowest BCUT2D eigenvalue weighted by atomic mass is 10.0. The van der Waals surface area contributed by atoms with Gasteiger partial charge in [0.1, 0.15) is 0 Å². The first-order valence-corrected chi connectivity index (χ1v) is 3.74. The van der Waals surface area contributed by atoms with Crippen LogP contribution in [0.3, 0.4) is 0 Å². The van der Waals surface area contributed by atoms with Crippen molar-refractivity contribution in [2.75, 3.05) is 0 Å². The molecule has 11 heavy (non-hydrogen) atoms. The molecule has 1 aliphatic rings. The molecule has 1 aliphatic heterocycles. The number of carbonyl (C=O) groups is 1. The molecule has 0 fully saturated rings. The second kappa shape index (κ2) is 2.12. The third kappa shape index (κ3) is 0.926. The van der Waals surface area contributed by atoms with Crippen molar-refractivity contribution in [1.82, 2.24) is 10.3 Å². The monoisotopic (exact) mass is 150 g/mol. The Balaban J connectivity index is 2.44. The van der Waals surface area contributed by atoms with Gasteiger partial charge in [0.05, 0.1) is 5.56 Å². The van der Waals surface area contributed by atoms with Gasteiger partial charge in [-0.15, -0.1) is 0 Å². The molecule has 0 aromatic carbocycles. The van der Waals surface area contributed by atoms with E-state index in [1.54, 1.807) is 0 Å². The van der Waals surface area contributed by atoms with Crippen LogP contribution in [0.2, 0.25) is 0 Å². The molecule has 3 nitrogen and oxygen atoms in total. The Kier molecular flexibility index (Phi) is 1.24. The van der Waals surface area contributed by atoms with Gasteiger partial charge in [0.15, 0.2) is 0 Å². The Morgan fingerprint density at radius 2 is 2.45 bits per heavy atom. The molecule has 1 aromatic rings.